The third-order valence-electron chi connectivity index (χ3n) is 8.21. The molecular formula is C29H33F2N3O3. The number of rotatable bonds is 7. The minimum absolute atomic E-state index is 0.145. The van der Waals surface area contributed by atoms with Gasteiger partial charge in [0.15, 0.2) is 0 Å². The number of hydrogen-bond acceptors (Lipinski definition) is 4. The van der Waals surface area contributed by atoms with Crippen LogP contribution in [0.4, 0.5) is 8.78 Å². The van der Waals surface area contributed by atoms with Crippen molar-refractivity contribution in [3.8, 4) is 5.75 Å². The molecule has 3 aliphatic heterocycles. The maximum absolute atomic E-state index is 15.8. The highest BCUT2D eigenvalue weighted by molar-refractivity contribution is 5.88. The second-order valence-electron chi connectivity index (χ2n) is 10.6. The number of hydrogen-bond donors (Lipinski definition) is 1. The Kier molecular flexibility index (Phi) is 6.41. The zero-order chi connectivity index (χ0) is 25.7. The molecular weight excluding hydrogens is 476 g/mol. The first-order valence-corrected chi connectivity index (χ1v) is 13.3. The minimum Gasteiger partial charge on any atom is -0.492 e. The van der Waals surface area contributed by atoms with E-state index in [1.807, 2.05) is 31.2 Å². The van der Waals surface area contributed by atoms with E-state index in [2.05, 4.69) is 16.8 Å². The summed E-state index contributed by atoms with van der Waals surface area (Å²) in [5.74, 6) is -0.779. The first-order chi connectivity index (χ1) is 17.9. The summed E-state index contributed by atoms with van der Waals surface area (Å²) in [4.78, 5) is 20.8. The number of carbonyl (C=O) groups excluding carboxylic acids is 1. The Bertz CT molecular complexity index is 1290. The number of aromatic nitrogens is 1. The zero-order valence-electron chi connectivity index (χ0n) is 21.3. The third-order valence-corrected chi connectivity index (χ3v) is 8.21. The Morgan fingerprint density at radius 2 is 1.92 bits per heavy atom. The van der Waals surface area contributed by atoms with E-state index in [-0.39, 0.29) is 23.3 Å². The van der Waals surface area contributed by atoms with Crippen LogP contribution in [0.5, 0.6) is 5.75 Å². The predicted molar refractivity (Wildman–Crippen MR) is 137 cm³/mol. The van der Waals surface area contributed by atoms with Crippen LogP contribution in [0.2, 0.25) is 0 Å². The van der Waals surface area contributed by atoms with Gasteiger partial charge in [-0.25, -0.2) is 8.78 Å². The van der Waals surface area contributed by atoms with E-state index in [0.717, 1.165) is 42.0 Å². The van der Waals surface area contributed by atoms with Crippen LogP contribution in [0.3, 0.4) is 0 Å². The van der Waals surface area contributed by atoms with Crippen LogP contribution in [-0.2, 0) is 16.0 Å². The van der Waals surface area contributed by atoms with Crippen LogP contribution in [-0.4, -0.2) is 65.7 Å². The minimum atomic E-state index is -0.927. The molecule has 3 aromatic rings. The van der Waals surface area contributed by atoms with Crippen molar-refractivity contribution < 1.29 is 23.0 Å². The monoisotopic (exact) mass is 509 g/mol. The quantitative estimate of drug-likeness (QED) is 0.496. The summed E-state index contributed by atoms with van der Waals surface area (Å²) in [6.07, 6.45) is 1.80. The van der Waals surface area contributed by atoms with E-state index in [1.165, 1.54) is 18.6 Å². The van der Waals surface area contributed by atoms with E-state index in [9.17, 15) is 4.79 Å². The summed E-state index contributed by atoms with van der Waals surface area (Å²) in [5.41, 5.74) is 2.39. The van der Waals surface area contributed by atoms with Gasteiger partial charge in [0.1, 0.15) is 36.1 Å². The van der Waals surface area contributed by atoms with Crippen LogP contribution < -0.4 is 4.74 Å². The SMILES string of the molecule is CCC1CN(CCOc2cc(F)c([C@@H]3c4[nH]c5ccccc5c4C[C@@H](C)N3C(=O)C3CCO3)c(F)c2)C1. The molecule has 0 aliphatic carbocycles. The lowest BCUT2D eigenvalue weighted by Crippen LogP contribution is -2.53. The summed E-state index contributed by atoms with van der Waals surface area (Å²) in [6.45, 7) is 7.82. The predicted octanol–water partition coefficient (Wildman–Crippen LogP) is 4.82. The van der Waals surface area contributed by atoms with Gasteiger partial charge in [-0.15, -0.1) is 0 Å². The molecule has 1 aromatic heterocycles. The van der Waals surface area contributed by atoms with Crippen LogP contribution >= 0.6 is 0 Å². The molecule has 2 aromatic carbocycles. The average molecular weight is 510 g/mol. The molecule has 1 N–H and O–H groups in total. The first-order valence-electron chi connectivity index (χ1n) is 13.3. The summed E-state index contributed by atoms with van der Waals surface area (Å²) in [6, 6.07) is 9.12. The number of para-hydroxylation sites is 1. The molecule has 8 heteroatoms. The van der Waals surface area contributed by atoms with Crippen LogP contribution in [0, 0.1) is 17.6 Å². The number of nitrogens with one attached hydrogen (secondary N) is 1. The average Bonchev–Trinajstić information content (AvgIpc) is 3.17. The summed E-state index contributed by atoms with van der Waals surface area (Å²) in [7, 11) is 0. The van der Waals surface area contributed by atoms with Gasteiger partial charge < -0.3 is 19.4 Å². The van der Waals surface area contributed by atoms with E-state index in [1.54, 1.807) is 4.90 Å². The molecule has 1 amide bonds. The van der Waals surface area contributed by atoms with Crippen molar-refractivity contribution in [3.05, 3.63) is 64.9 Å². The molecule has 3 aliphatic rings. The van der Waals surface area contributed by atoms with Crippen molar-refractivity contribution in [1.82, 2.24) is 14.8 Å². The molecule has 0 spiro atoms. The molecule has 0 radical (unpaired) electrons. The Labute approximate surface area is 215 Å². The summed E-state index contributed by atoms with van der Waals surface area (Å²) in [5, 5.41) is 1.01. The highest BCUT2D eigenvalue weighted by Gasteiger charge is 2.44. The molecule has 2 saturated heterocycles. The second-order valence-corrected chi connectivity index (χ2v) is 10.6. The highest BCUT2D eigenvalue weighted by Crippen LogP contribution is 2.43. The van der Waals surface area contributed by atoms with Gasteiger partial charge in [-0.05, 0) is 30.9 Å². The lowest BCUT2D eigenvalue weighted by Gasteiger charge is -2.43. The number of aromatic amines is 1. The van der Waals surface area contributed by atoms with E-state index in [0.29, 0.717) is 31.7 Å². The van der Waals surface area contributed by atoms with Gasteiger partial charge in [0.2, 0.25) is 0 Å². The lowest BCUT2D eigenvalue weighted by atomic mass is 9.87. The summed E-state index contributed by atoms with van der Waals surface area (Å²) < 4.78 is 42.7. The number of ether oxygens (including phenoxy) is 2. The maximum Gasteiger partial charge on any atom is 0.252 e. The number of benzene rings is 2. The van der Waals surface area contributed by atoms with Crippen molar-refractivity contribution in [2.45, 2.75) is 51.3 Å². The fourth-order valence-electron chi connectivity index (χ4n) is 6.00. The largest absolute Gasteiger partial charge is 0.492 e. The number of fused-ring (bicyclic) bond motifs is 3. The molecule has 6 nitrogen and oxygen atoms in total. The number of carbonyl (C=O) groups is 1. The normalized spacial score (nSPS) is 24.0. The summed E-state index contributed by atoms with van der Waals surface area (Å²) >= 11 is 0. The van der Waals surface area contributed by atoms with Crippen LogP contribution in [0.1, 0.15) is 49.6 Å². The Balaban J connectivity index is 1.33. The highest BCUT2D eigenvalue weighted by atomic mass is 19.1. The number of likely N-dealkylation sites (tertiary alicyclic amines) is 1. The van der Waals surface area contributed by atoms with Gasteiger partial charge in [-0.1, -0.05) is 31.5 Å². The van der Waals surface area contributed by atoms with Crippen LogP contribution in [0.15, 0.2) is 36.4 Å². The molecule has 4 heterocycles. The van der Waals surface area contributed by atoms with Gasteiger partial charge in [-0.2, -0.15) is 0 Å². The zero-order valence-corrected chi connectivity index (χ0v) is 21.3. The Morgan fingerprint density at radius 3 is 2.59 bits per heavy atom. The first kappa shape index (κ1) is 24.4. The fourth-order valence-corrected chi connectivity index (χ4v) is 6.00. The molecule has 1 unspecified atom stereocenters. The van der Waals surface area contributed by atoms with E-state index in [4.69, 9.17) is 9.47 Å². The lowest BCUT2D eigenvalue weighted by molar-refractivity contribution is -0.161. The molecule has 2 fully saturated rings. The van der Waals surface area contributed by atoms with Crippen molar-refractivity contribution in [2.24, 2.45) is 5.92 Å². The second kappa shape index (κ2) is 9.72. The maximum atomic E-state index is 15.8. The third kappa shape index (κ3) is 4.30. The van der Waals surface area contributed by atoms with E-state index >= 15 is 8.78 Å². The fraction of sp³-hybridized carbons (Fsp3) is 0.483. The Hall–Kier alpha value is -2.97. The number of amides is 1. The van der Waals surface area contributed by atoms with Gasteiger partial charge in [0.05, 0.1) is 12.2 Å². The van der Waals surface area contributed by atoms with Gasteiger partial charge in [0, 0.05) is 60.8 Å². The Morgan fingerprint density at radius 1 is 1.19 bits per heavy atom. The standard InChI is InChI=1S/C29H33F2N3O3/c1-3-18-15-33(16-18)9-11-36-19-13-22(30)26(23(31)14-19)28-27-21(20-6-4-5-7-24(20)32-27)12-17(2)34(28)29(35)25-8-10-37-25/h4-7,13-14,17-18,25,28,32H,3,8-12,15-16H2,1-2H3/t17-,25?,28-/m1/s1. The van der Waals surface area contributed by atoms with Crippen LogP contribution in [0.25, 0.3) is 10.9 Å². The molecule has 0 saturated carbocycles. The van der Waals surface area contributed by atoms with Crippen molar-refractivity contribution >= 4 is 16.8 Å². The molecule has 6 rings (SSSR count). The van der Waals surface area contributed by atoms with Gasteiger partial charge in [-0.3, -0.25) is 9.69 Å². The molecule has 196 valence electrons. The topological polar surface area (TPSA) is 57.8 Å². The number of H-pyrrole nitrogens is 1. The molecule has 0 bridgehead atoms. The molecule has 3 atom stereocenters. The van der Waals surface area contributed by atoms with E-state index < -0.39 is 23.8 Å². The van der Waals surface area contributed by atoms with Gasteiger partial charge >= 0.3 is 0 Å². The van der Waals surface area contributed by atoms with Crippen molar-refractivity contribution in [1.29, 1.82) is 0 Å². The number of nitrogens with zero attached hydrogens (tertiary/aromatic N) is 2. The van der Waals surface area contributed by atoms with Gasteiger partial charge in [0.25, 0.3) is 5.91 Å². The number of halogens is 2. The van der Waals surface area contributed by atoms with Crippen molar-refractivity contribution in [3.63, 3.8) is 0 Å². The smallest absolute Gasteiger partial charge is 0.252 e. The molecule has 37 heavy (non-hydrogen) atoms. The van der Waals surface area contributed by atoms with Crippen molar-refractivity contribution in [2.75, 3.05) is 32.8 Å².